The highest BCUT2D eigenvalue weighted by Gasteiger charge is 2.15. The first-order chi connectivity index (χ1) is 23.8. The molecule has 226 valence electrons. The molecular formula is C43H29N5. The van der Waals surface area contributed by atoms with Crippen LogP contribution in [-0.4, -0.2) is 24.9 Å². The number of hydrogen-bond donors (Lipinski definition) is 0. The Morgan fingerprint density at radius 2 is 0.562 bits per heavy atom. The predicted octanol–water partition coefficient (Wildman–Crippen LogP) is 10.3. The van der Waals surface area contributed by atoms with E-state index in [2.05, 4.69) is 93.8 Å². The second kappa shape index (κ2) is 13.0. The predicted molar refractivity (Wildman–Crippen MR) is 193 cm³/mol. The lowest BCUT2D eigenvalue weighted by Gasteiger charge is -2.14. The number of hydrogen-bond acceptors (Lipinski definition) is 5. The van der Waals surface area contributed by atoms with Gasteiger partial charge in [0.25, 0.3) is 0 Å². The van der Waals surface area contributed by atoms with Crippen LogP contribution in [0.1, 0.15) is 0 Å². The maximum atomic E-state index is 5.19. The second-order valence-electron chi connectivity index (χ2n) is 11.5. The number of aromatic nitrogens is 5. The van der Waals surface area contributed by atoms with Crippen molar-refractivity contribution in [3.63, 3.8) is 0 Å². The van der Waals surface area contributed by atoms with Crippen LogP contribution in [0.25, 0.3) is 78.4 Å². The SMILES string of the molecule is c1ccc(-c2cc(-c3ccncc3)cc(-c3cc(-c4cc(-c5ccncc5)cc(-c5ccncc5)c4)nc(-c4ccccc4)n3)c2)cc1. The highest BCUT2D eigenvalue weighted by Crippen LogP contribution is 2.37. The summed E-state index contributed by atoms with van der Waals surface area (Å²) in [6.07, 6.45) is 11.0. The van der Waals surface area contributed by atoms with E-state index >= 15 is 0 Å². The molecule has 0 aliphatic carbocycles. The highest BCUT2D eigenvalue weighted by molar-refractivity contribution is 5.84. The Hall–Kier alpha value is -6.59. The van der Waals surface area contributed by atoms with Gasteiger partial charge in [-0.1, -0.05) is 60.7 Å². The highest BCUT2D eigenvalue weighted by atomic mass is 14.9. The van der Waals surface area contributed by atoms with Gasteiger partial charge in [-0.05, 0) is 123 Å². The van der Waals surface area contributed by atoms with Crippen molar-refractivity contribution in [3.8, 4) is 78.4 Å². The van der Waals surface area contributed by atoms with Crippen LogP contribution < -0.4 is 0 Å². The van der Waals surface area contributed by atoms with E-state index in [0.717, 1.165) is 72.6 Å². The van der Waals surface area contributed by atoms with Gasteiger partial charge in [0.2, 0.25) is 0 Å². The van der Waals surface area contributed by atoms with E-state index < -0.39 is 0 Å². The van der Waals surface area contributed by atoms with E-state index in [9.17, 15) is 0 Å². The first-order valence-corrected chi connectivity index (χ1v) is 15.8. The molecule has 8 aromatic rings. The smallest absolute Gasteiger partial charge is 0.160 e. The van der Waals surface area contributed by atoms with Crippen molar-refractivity contribution in [2.45, 2.75) is 0 Å². The Kier molecular flexibility index (Phi) is 7.83. The Morgan fingerprint density at radius 1 is 0.250 bits per heavy atom. The summed E-state index contributed by atoms with van der Waals surface area (Å²) in [7, 11) is 0. The van der Waals surface area contributed by atoms with Gasteiger partial charge in [0.15, 0.2) is 5.82 Å². The van der Waals surface area contributed by atoms with Gasteiger partial charge in [-0.15, -0.1) is 0 Å². The van der Waals surface area contributed by atoms with Gasteiger partial charge in [0.1, 0.15) is 0 Å². The first-order valence-electron chi connectivity index (χ1n) is 15.8. The minimum Gasteiger partial charge on any atom is -0.265 e. The van der Waals surface area contributed by atoms with Crippen molar-refractivity contribution < 1.29 is 0 Å². The Balaban J connectivity index is 1.36. The zero-order chi connectivity index (χ0) is 32.1. The summed E-state index contributed by atoms with van der Waals surface area (Å²) in [5.74, 6) is 0.665. The zero-order valence-electron chi connectivity index (χ0n) is 26.0. The summed E-state index contributed by atoms with van der Waals surface area (Å²) >= 11 is 0. The molecule has 0 atom stereocenters. The minimum absolute atomic E-state index is 0.665. The first kappa shape index (κ1) is 28.9. The molecule has 0 bridgehead atoms. The molecule has 48 heavy (non-hydrogen) atoms. The molecule has 5 heteroatoms. The lowest BCUT2D eigenvalue weighted by atomic mass is 9.93. The molecule has 4 aromatic carbocycles. The number of benzene rings is 4. The number of rotatable bonds is 7. The molecule has 0 spiro atoms. The molecule has 0 saturated heterocycles. The van der Waals surface area contributed by atoms with Gasteiger partial charge in [-0.3, -0.25) is 15.0 Å². The molecular weight excluding hydrogens is 587 g/mol. The lowest BCUT2D eigenvalue weighted by molar-refractivity contribution is 1.18. The van der Waals surface area contributed by atoms with Crippen molar-refractivity contribution in [2.75, 3.05) is 0 Å². The van der Waals surface area contributed by atoms with Gasteiger partial charge in [0.05, 0.1) is 11.4 Å². The molecule has 0 N–H and O–H groups in total. The molecule has 8 rings (SSSR count). The Labute approximate surface area is 279 Å². The Morgan fingerprint density at radius 3 is 0.938 bits per heavy atom. The van der Waals surface area contributed by atoms with E-state index in [1.54, 1.807) is 0 Å². The van der Waals surface area contributed by atoms with Gasteiger partial charge in [-0.25, -0.2) is 9.97 Å². The van der Waals surface area contributed by atoms with E-state index in [1.165, 1.54) is 0 Å². The summed E-state index contributed by atoms with van der Waals surface area (Å²) in [4.78, 5) is 23.1. The number of pyridine rings is 3. The molecule has 0 aliphatic rings. The third-order valence-corrected chi connectivity index (χ3v) is 8.36. The third kappa shape index (κ3) is 6.13. The van der Waals surface area contributed by atoms with Crippen molar-refractivity contribution in [1.82, 2.24) is 24.9 Å². The summed E-state index contributed by atoms with van der Waals surface area (Å²) in [5, 5.41) is 0. The molecule has 0 saturated carbocycles. The van der Waals surface area contributed by atoms with E-state index in [-0.39, 0.29) is 0 Å². The number of nitrogens with zero attached hydrogens (tertiary/aromatic N) is 5. The van der Waals surface area contributed by atoms with Crippen LogP contribution in [0.5, 0.6) is 0 Å². The topological polar surface area (TPSA) is 64.5 Å². The molecule has 5 nitrogen and oxygen atoms in total. The summed E-state index contributed by atoms with van der Waals surface area (Å²) in [5.41, 5.74) is 13.4. The van der Waals surface area contributed by atoms with Gasteiger partial charge in [0, 0.05) is 53.9 Å². The third-order valence-electron chi connectivity index (χ3n) is 8.36. The van der Waals surface area contributed by atoms with Crippen LogP contribution in [0, 0.1) is 0 Å². The molecule has 0 amide bonds. The summed E-state index contributed by atoms with van der Waals surface area (Å²) < 4.78 is 0. The van der Waals surface area contributed by atoms with Crippen LogP contribution in [0.15, 0.2) is 177 Å². The maximum Gasteiger partial charge on any atom is 0.160 e. The maximum absolute atomic E-state index is 5.19. The van der Waals surface area contributed by atoms with Crippen molar-refractivity contribution in [1.29, 1.82) is 0 Å². The van der Waals surface area contributed by atoms with Crippen molar-refractivity contribution in [2.24, 2.45) is 0 Å². The van der Waals surface area contributed by atoms with Gasteiger partial charge < -0.3 is 0 Å². The summed E-state index contributed by atoms with van der Waals surface area (Å²) in [6.45, 7) is 0. The average molecular weight is 616 g/mol. The molecule has 4 heterocycles. The van der Waals surface area contributed by atoms with Crippen molar-refractivity contribution in [3.05, 3.63) is 177 Å². The fraction of sp³-hybridized carbons (Fsp3) is 0. The van der Waals surface area contributed by atoms with Crippen LogP contribution >= 0.6 is 0 Å². The quantitative estimate of drug-likeness (QED) is 0.178. The van der Waals surface area contributed by atoms with Crippen LogP contribution in [-0.2, 0) is 0 Å². The second-order valence-corrected chi connectivity index (χ2v) is 11.5. The monoisotopic (exact) mass is 615 g/mol. The summed E-state index contributed by atoms with van der Waals surface area (Å²) in [6, 6.07) is 48.2. The fourth-order valence-corrected chi connectivity index (χ4v) is 5.94. The molecule has 0 aliphatic heterocycles. The van der Waals surface area contributed by atoms with Gasteiger partial charge >= 0.3 is 0 Å². The van der Waals surface area contributed by atoms with E-state index in [0.29, 0.717) is 5.82 Å². The molecule has 0 radical (unpaired) electrons. The zero-order valence-corrected chi connectivity index (χ0v) is 26.0. The fourth-order valence-electron chi connectivity index (χ4n) is 5.94. The largest absolute Gasteiger partial charge is 0.265 e. The van der Waals surface area contributed by atoms with E-state index in [4.69, 9.17) is 9.97 Å². The Bertz CT molecular complexity index is 2050. The minimum atomic E-state index is 0.665. The van der Waals surface area contributed by atoms with Crippen LogP contribution in [0.3, 0.4) is 0 Å². The normalized spacial score (nSPS) is 10.9. The average Bonchev–Trinajstić information content (AvgIpc) is 3.19. The lowest BCUT2D eigenvalue weighted by Crippen LogP contribution is -1.97. The molecule has 0 unspecified atom stereocenters. The molecule has 0 fully saturated rings. The van der Waals surface area contributed by atoms with Crippen LogP contribution in [0.2, 0.25) is 0 Å². The van der Waals surface area contributed by atoms with Crippen molar-refractivity contribution >= 4 is 0 Å². The molecule has 4 aromatic heterocycles. The van der Waals surface area contributed by atoms with Gasteiger partial charge in [-0.2, -0.15) is 0 Å². The standard InChI is InChI=1S/C43H29N5/c1-3-7-30(8-4-1)35-23-36(31-11-17-44-18-12-31)26-39(25-35)41-29-42(48-43(47-41)34-9-5-2-6-10-34)40-27-37(32-13-19-45-20-14-32)24-38(28-40)33-15-21-46-22-16-33/h1-29H. The van der Waals surface area contributed by atoms with E-state index in [1.807, 2.05) is 97.8 Å². The van der Waals surface area contributed by atoms with Crippen LogP contribution in [0.4, 0.5) is 0 Å².